The van der Waals surface area contributed by atoms with Crippen molar-refractivity contribution in [3.63, 3.8) is 0 Å². The van der Waals surface area contributed by atoms with Gasteiger partial charge in [0.25, 0.3) is 0 Å². The average molecular weight is 454 g/mol. The van der Waals surface area contributed by atoms with Crippen LogP contribution in [0.15, 0.2) is 78.9 Å². The molecule has 4 aromatic carbocycles. The van der Waals surface area contributed by atoms with Gasteiger partial charge in [-0.1, -0.05) is 61.5 Å². The van der Waals surface area contributed by atoms with E-state index in [1.165, 1.54) is 0 Å². The van der Waals surface area contributed by atoms with Gasteiger partial charge >= 0.3 is 0 Å². The third kappa shape index (κ3) is 4.86. The van der Waals surface area contributed by atoms with Crippen LogP contribution >= 0.6 is 0 Å². The number of methoxy groups -OCH3 is 3. The van der Waals surface area contributed by atoms with E-state index in [1.807, 2.05) is 66.7 Å². The van der Waals surface area contributed by atoms with Crippen LogP contribution in [0.25, 0.3) is 22.3 Å². The van der Waals surface area contributed by atoms with E-state index in [0.717, 1.165) is 57.1 Å². The average Bonchev–Trinajstić information content (AvgIpc) is 2.91. The lowest BCUT2D eigenvalue weighted by Gasteiger charge is -2.22. The molecule has 0 fully saturated rings. The molecule has 4 nitrogen and oxygen atoms in total. The van der Waals surface area contributed by atoms with Crippen LogP contribution in [-0.2, 0) is 13.0 Å². The van der Waals surface area contributed by atoms with E-state index in [0.29, 0.717) is 12.4 Å². The van der Waals surface area contributed by atoms with Crippen molar-refractivity contribution in [2.24, 2.45) is 0 Å². The van der Waals surface area contributed by atoms with Crippen molar-refractivity contribution >= 4 is 0 Å². The van der Waals surface area contributed by atoms with Crippen molar-refractivity contribution in [1.29, 1.82) is 0 Å². The first kappa shape index (κ1) is 23.2. The summed E-state index contributed by atoms with van der Waals surface area (Å²) in [5.41, 5.74) is 5.96. The molecule has 4 rings (SSSR count). The zero-order valence-electron chi connectivity index (χ0n) is 20.1. The van der Waals surface area contributed by atoms with Gasteiger partial charge in [-0.25, -0.2) is 0 Å². The van der Waals surface area contributed by atoms with Crippen LogP contribution in [0.5, 0.6) is 23.0 Å². The standard InChI is InChI=1S/C30H29O4/c1-5-22-19-27(23-11-15-25(31-2)16-12-23)28(24-13-17-26(32-3)18-14-24)30(33-4)29(22)34-20-21-9-7-6-8-10-21/h6-18H,5,20H2,1-4H3. The van der Waals surface area contributed by atoms with E-state index < -0.39 is 0 Å². The fourth-order valence-electron chi connectivity index (χ4n) is 3.97. The Morgan fingerprint density at radius 2 is 1.24 bits per heavy atom. The van der Waals surface area contributed by atoms with E-state index in [2.05, 4.69) is 25.1 Å². The summed E-state index contributed by atoms with van der Waals surface area (Å²) in [7, 11) is 5.02. The van der Waals surface area contributed by atoms with Gasteiger partial charge in [0.05, 0.1) is 21.3 Å². The lowest BCUT2D eigenvalue weighted by molar-refractivity contribution is 0.282. The number of hydrogen-bond donors (Lipinski definition) is 0. The lowest BCUT2D eigenvalue weighted by Crippen LogP contribution is -2.04. The fraction of sp³-hybridized carbons (Fsp3) is 0.200. The number of hydrogen-bond acceptors (Lipinski definition) is 4. The zero-order valence-corrected chi connectivity index (χ0v) is 20.1. The highest BCUT2D eigenvalue weighted by Crippen LogP contribution is 2.47. The molecule has 0 N–H and O–H groups in total. The molecule has 0 aliphatic heterocycles. The van der Waals surface area contributed by atoms with Gasteiger partial charge in [-0.05, 0) is 53.4 Å². The van der Waals surface area contributed by atoms with Crippen molar-refractivity contribution < 1.29 is 18.9 Å². The van der Waals surface area contributed by atoms with Crippen LogP contribution in [-0.4, -0.2) is 21.3 Å². The Balaban J connectivity index is 1.90. The first-order chi connectivity index (χ1) is 16.7. The lowest BCUT2D eigenvalue weighted by atomic mass is 9.90. The number of ether oxygens (including phenoxy) is 4. The quantitative estimate of drug-likeness (QED) is 0.274. The van der Waals surface area contributed by atoms with E-state index in [9.17, 15) is 0 Å². The molecule has 0 bridgehead atoms. The first-order valence-corrected chi connectivity index (χ1v) is 11.3. The van der Waals surface area contributed by atoms with Gasteiger partial charge in [-0.15, -0.1) is 0 Å². The Labute approximate surface area is 201 Å². The number of rotatable bonds is 9. The highest BCUT2D eigenvalue weighted by molar-refractivity contribution is 5.90. The molecule has 34 heavy (non-hydrogen) atoms. The Morgan fingerprint density at radius 3 is 1.76 bits per heavy atom. The molecule has 0 aromatic heterocycles. The molecule has 1 radical (unpaired) electrons. The maximum atomic E-state index is 6.37. The SMILES string of the molecule is CCc1[c]c(-c2ccc(OC)cc2)c(-c2ccc(OC)cc2)c(OC)c1OCc1ccccc1. The molecule has 0 saturated heterocycles. The maximum absolute atomic E-state index is 6.37. The van der Waals surface area contributed by atoms with Crippen molar-refractivity contribution in [2.45, 2.75) is 20.0 Å². The summed E-state index contributed by atoms with van der Waals surface area (Å²) < 4.78 is 23.1. The van der Waals surface area contributed by atoms with Crippen LogP contribution in [0.2, 0.25) is 0 Å². The fourth-order valence-corrected chi connectivity index (χ4v) is 3.97. The predicted molar refractivity (Wildman–Crippen MR) is 136 cm³/mol. The first-order valence-electron chi connectivity index (χ1n) is 11.3. The predicted octanol–water partition coefficient (Wildman–Crippen LogP) is 6.99. The summed E-state index contributed by atoms with van der Waals surface area (Å²) in [4.78, 5) is 0. The Kier molecular flexibility index (Phi) is 7.38. The number of aryl methyl sites for hydroxylation is 1. The molecule has 0 atom stereocenters. The zero-order chi connectivity index (χ0) is 23.9. The van der Waals surface area contributed by atoms with Crippen molar-refractivity contribution in [2.75, 3.05) is 21.3 Å². The minimum absolute atomic E-state index is 0.446. The Morgan fingerprint density at radius 1 is 0.647 bits per heavy atom. The van der Waals surface area contributed by atoms with Crippen molar-refractivity contribution in [3.05, 3.63) is 96.1 Å². The van der Waals surface area contributed by atoms with Crippen LogP contribution in [0.3, 0.4) is 0 Å². The Hall–Kier alpha value is -3.92. The topological polar surface area (TPSA) is 36.9 Å². The second-order valence-corrected chi connectivity index (χ2v) is 7.80. The highest BCUT2D eigenvalue weighted by Gasteiger charge is 2.22. The molecule has 0 aliphatic rings. The van der Waals surface area contributed by atoms with Gasteiger partial charge in [0.2, 0.25) is 0 Å². The van der Waals surface area contributed by atoms with Crippen LogP contribution < -0.4 is 18.9 Å². The minimum atomic E-state index is 0.446. The normalized spacial score (nSPS) is 10.6. The van der Waals surface area contributed by atoms with Gasteiger partial charge in [0, 0.05) is 16.7 Å². The van der Waals surface area contributed by atoms with Gasteiger partial charge < -0.3 is 18.9 Å². The monoisotopic (exact) mass is 453 g/mol. The molecule has 0 heterocycles. The summed E-state index contributed by atoms with van der Waals surface area (Å²) >= 11 is 0. The molecule has 4 aromatic rings. The van der Waals surface area contributed by atoms with Gasteiger partial charge in [-0.3, -0.25) is 0 Å². The van der Waals surface area contributed by atoms with E-state index in [1.54, 1.807) is 21.3 Å². The summed E-state index contributed by atoms with van der Waals surface area (Å²) in [6.45, 7) is 2.55. The van der Waals surface area contributed by atoms with Crippen LogP contribution in [0.4, 0.5) is 0 Å². The molecular weight excluding hydrogens is 424 g/mol. The van der Waals surface area contributed by atoms with Gasteiger partial charge in [0.15, 0.2) is 11.5 Å². The molecular formula is C30H29O4. The molecule has 0 amide bonds. The summed E-state index contributed by atoms with van der Waals surface area (Å²) in [6, 6.07) is 29.7. The number of benzene rings is 4. The van der Waals surface area contributed by atoms with E-state index in [4.69, 9.17) is 18.9 Å². The largest absolute Gasteiger partial charge is 0.497 e. The third-order valence-corrected chi connectivity index (χ3v) is 5.77. The van der Waals surface area contributed by atoms with Crippen LogP contribution in [0, 0.1) is 6.07 Å². The van der Waals surface area contributed by atoms with Crippen molar-refractivity contribution in [1.82, 2.24) is 0 Å². The van der Waals surface area contributed by atoms with E-state index >= 15 is 0 Å². The second-order valence-electron chi connectivity index (χ2n) is 7.80. The van der Waals surface area contributed by atoms with Crippen molar-refractivity contribution in [3.8, 4) is 45.3 Å². The van der Waals surface area contributed by atoms with Crippen LogP contribution in [0.1, 0.15) is 18.1 Å². The Bertz CT molecular complexity index is 1210. The summed E-state index contributed by atoms with van der Waals surface area (Å²) in [5, 5.41) is 0. The molecule has 0 saturated carbocycles. The molecule has 4 heteroatoms. The molecule has 0 aliphatic carbocycles. The van der Waals surface area contributed by atoms with E-state index in [-0.39, 0.29) is 0 Å². The highest BCUT2D eigenvalue weighted by atomic mass is 16.5. The molecule has 0 spiro atoms. The minimum Gasteiger partial charge on any atom is -0.497 e. The van der Waals surface area contributed by atoms with Gasteiger partial charge in [0.1, 0.15) is 18.1 Å². The second kappa shape index (κ2) is 10.8. The third-order valence-electron chi connectivity index (χ3n) is 5.77. The maximum Gasteiger partial charge on any atom is 0.169 e. The molecule has 173 valence electrons. The summed E-state index contributed by atoms with van der Waals surface area (Å²) in [6.07, 6.45) is 0.756. The smallest absolute Gasteiger partial charge is 0.169 e. The van der Waals surface area contributed by atoms with Gasteiger partial charge in [-0.2, -0.15) is 0 Å². The molecule has 0 unspecified atom stereocenters. The summed E-state index contributed by atoms with van der Waals surface area (Å²) in [5.74, 6) is 3.02.